The number of hydrogen-bond acceptors (Lipinski definition) is 4. The van der Waals surface area contributed by atoms with Crippen molar-refractivity contribution < 1.29 is 9.59 Å². The van der Waals surface area contributed by atoms with Gasteiger partial charge >= 0.3 is 0 Å². The van der Waals surface area contributed by atoms with Gasteiger partial charge in [-0.15, -0.1) is 11.3 Å². The topological polar surface area (TPSA) is 49.4 Å². The van der Waals surface area contributed by atoms with Gasteiger partial charge in [-0.1, -0.05) is 12.1 Å². The summed E-state index contributed by atoms with van der Waals surface area (Å²) in [5, 5.41) is 2.87. The van der Waals surface area contributed by atoms with Crippen LogP contribution in [0.1, 0.15) is 29.1 Å². The summed E-state index contributed by atoms with van der Waals surface area (Å²) in [5.74, 6) is -0.113. The zero-order valence-corrected chi connectivity index (χ0v) is 15.7. The molecule has 0 radical (unpaired) electrons. The Bertz CT molecular complexity index is 714. The first-order valence-electron chi connectivity index (χ1n) is 7.23. The van der Waals surface area contributed by atoms with E-state index >= 15 is 0 Å². The molecule has 0 aliphatic rings. The van der Waals surface area contributed by atoms with Crippen LogP contribution >= 0.6 is 27.3 Å². The molecule has 0 saturated carbocycles. The molecule has 0 aliphatic carbocycles. The van der Waals surface area contributed by atoms with E-state index in [9.17, 15) is 9.59 Å². The van der Waals surface area contributed by atoms with Crippen LogP contribution in [-0.4, -0.2) is 29.7 Å². The molecule has 2 rings (SSSR count). The van der Waals surface area contributed by atoms with Crippen LogP contribution in [0.25, 0.3) is 0 Å². The quantitative estimate of drug-likeness (QED) is 0.747. The number of hydrogen-bond donors (Lipinski definition) is 1. The Hall–Kier alpha value is -1.50. The second-order valence-corrected chi connectivity index (χ2v) is 7.97. The molecule has 122 valence electrons. The summed E-state index contributed by atoms with van der Waals surface area (Å²) in [5.41, 5.74) is 1.23. The van der Waals surface area contributed by atoms with Crippen molar-refractivity contribution in [3.63, 3.8) is 0 Å². The highest BCUT2D eigenvalue weighted by molar-refractivity contribution is 9.11. The molecule has 1 heterocycles. The lowest BCUT2D eigenvalue weighted by Gasteiger charge is -2.23. The van der Waals surface area contributed by atoms with Crippen LogP contribution in [-0.2, 0) is 11.3 Å². The van der Waals surface area contributed by atoms with E-state index in [2.05, 4.69) is 21.2 Å². The van der Waals surface area contributed by atoms with Crippen molar-refractivity contribution in [3.8, 4) is 0 Å². The Morgan fingerprint density at radius 2 is 2.04 bits per heavy atom. The number of carbonyl (C=O) groups is 2. The average molecular weight is 395 g/mol. The van der Waals surface area contributed by atoms with Gasteiger partial charge in [-0.25, -0.2) is 0 Å². The Balaban J connectivity index is 1.99. The molecular weight excluding hydrogens is 376 g/mol. The van der Waals surface area contributed by atoms with Crippen LogP contribution < -0.4 is 5.32 Å². The number of halogens is 1. The Kier molecular flexibility index (Phi) is 6.10. The molecule has 1 aromatic carbocycles. The monoisotopic (exact) mass is 394 g/mol. The molecule has 6 heteroatoms. The number of rotatable bonds is 6. The molecule has 1 atom stereocenters. The van der Waals surface area contributed by atoms with Gasteiger partial charge in [0.1, 0.15) is 0 Å². The fourth-order valence-electron chi connectivity index (χ4n) is 2.08. The normalized spacial score (nSPS) is 12.2. The number of ketones is 1. The van der Waals surface area contributed by atoms with Gasteiger partial charge < -0.3 is 5.32 Å². The number of amides is 1. The molecular formula is C17H19BrN2O2S. The molecule has 0 fully saturated rings. The van der Waals surface area contributed by atoms with E-state index in [1.54, 1.807) is 35.6 Å². The van der Waals surface area contributed by atoms with E-state index in [4.69, 9.17) is 0 Å². The van der Waals surface area contributed by atoms with Gasteiger partial charge in [-0.2, -0.15) is 0 Å². The number of nitrogens with zero attached hydrogens (tertiary/aromatic N) is 1. The molecule has 2 aromatic rings. The lowest BCUT2D eigenvalue weighted by Crippen LogP contribution is -2.39. The van der Waals surface area contributed by atoms with Gasteiger partial charge in [0.2, 0.25) is 5.91 Å². The summed E-state index contributed by atoms with van der Waals surface area (Å²) in [4.78, 5) is 27.0. The molecule has 0 unspecified atom stereocenters. The average Bonchev–Trinajstić information content (AvgIpc) is 2.91. The van der Waals surface area contributed by atoms with E-state index < -0.39 is 0 Å². The molecule has 0 aliphatic heterocycles. The predicted molar refractivity (Wildman–Crippen MR) is 98.0 cm³/mol. The first-order valence-corrected chi connectivity index (χ1v) is 8.84. The number of thiophene rings is 1. The van der Waals surface area contributed by atoms with E-state index in [-0.39, 0.29) is 17.7 Å². The highest BCUT2D eigenvalue weighted by Gasteiger charge is 2.19. The van der Waals surface area contributed by atoms with Gasteiger partial charge in [0.15, 0.2) is 5.78 Å². The van der Waals surface area contributed by atoms with Crippen molar-refractivity contribution in [2.24, 2.45) is 0 Å². The standard InChI is InChI=1S/C17H19BrN2O2S/c1-11(20(3)10-15-7-8-16(18)23-15)17(22)19-14-6-4-5-13(9-14)12(2)21/h4-9,11H,10H2,1-3H3,(H,19,22)/t11-/m0/s1. The lowest BCUT2D eigenvalue weighted by molar-refractivity contribution is -0.120. The molecule has 0 spiro atoms. The first-order chi connectivity index (χ1) is 10.9. The molecule has 0 saturated heterocycles. The predicted octanol–water partition coefficient (Wildman–Crippen LogP) is 4.17. The highest BCUT2D eigenvalue weighted by Crippen LogP contribution is 2.23. The maximum absolute atomic E-state index is 12.4. The molecule has 1 aromatic heterocycles. The maximum atomic E-state index is 12.4. The van der Waals surface area contributed by atoms with Crippen molar-refractivity contribution in [2.45, 2.75) is 26.4 Å². The summed E-state index contributed by atoms with van der Waals surface area (Å²) in [6.45, 7) is 4.08. The van der Waals surface area contributed by atoms with Crippen LogP contribution in [0.4, 0.5) is 5.69 Å². The minimum atomic E-state index is -0.281. The third-order valence-corrected chi connectivity index (χ3v) is 5.22. The zero-order chi connectivity index (χ0) is 17.0. The number of nitrogens with one attached hydrogen (secondary N) is 1. The smallest absolute Gasteiger partial charge is 0.241 e. The largest absolute Gasteiger partial charge is 0.325 e. The molecule has 23 heavy (non-hydrogen) atoms. The molecule has 1 amide bonds. The van der Waals surface area contributed by atoms with E-state index in [0.717, 1.165) is 3.79 Å². The molecule has 4 nitrogen and oxygen atoms in total. The number of likely N-dealkylation sites (N-methyl/N-ethyl adjacent to an activating group) is 1. The maximum Gasteiger partial charge on any atom is 0.241 e. The van der Waals surface area contributed by atoms with Crippen LogP contribution in [0.3, 0.4) is 0 Å². The van der Waals surface area contributed by atoms with Crippen LogP contribution in [0.5, 0.6) is 0 Å². The molecule has 1 N–H and O–H groups in total. The minimum Gasteiger partial charge on any atom is -0.325 e. The first kappa shape index (κ1) is 17.8. The van der Waals surface area contributed by atoms with Gasteiger partial charge in [0.05, 0.1) is 9.83 Å². The summed E-state index contributed by atoms with van der Waals surface area (Å²) in [6, 6.07) is 10.8. The van der Waals surface area contributed by atoms with E-state index in [0.29, 0.717) is 17.8 Å². The number of benzene rings is 1. The fourth-order valence-corrected chi connectivity index (χ4v) is 3.63. The van der Waals surface area contributed by atoms with E-state index in [1.807, 2.05) is 31.0 Å². The Labute approximate surface area is 148 Å². The molecule has 0 bridgehead atoms. The van der Waals surface area contributed by atoms with Crippen molar-refractivity contribution in [2.75, 3.05) is 12.4 Å². The van der Waals surface area contributed by atoms with Crippen molar-refractivity contribution in [1.82, 2.24) is 4.90 Å². The Morgan fingerprint density at radius 3 is 2.65 bits per heavy atom. The minimum absolute atomic E-state index is 0.0189. The van der Waals surface area contributed by atoms with Crippen LogP contribution in [0.15, 0.2) is 40.2 Å². The van der Waals surface area contributed by atoms with Gasteiger partial charge in [-0.05, 0) is 61.1 Å². The van der Waals surface area contributed by atoms with Crippen LogP contribution in [0, 0.1) is 0 Å². The second-order valence-electron chi connectivity index (χ2n) is 5.42. The van der Waals surface area contributed by atoms with Crippen molar-refractivity contribution in [3.05, 3.63) is 50.6 Å². The number of anilines is 1. The fraction of sp³-hybridized carbons (Fsp3) is 0.294. The van der Waals surface area contributed by atoms with E-state index in [1.165, 1.54) is 11.8 Å². The Morgan fingerprint density at radius 1 is 1.30 bits per heavy atom. The second kappa shape index (κ2) is 7.86. The summed E-state index contributed by atoms with van der Waals surface area (Å²) in [7, 11) is 1.92. The lowest BCUT2D eigenvalue weighted by atomic mass is 10.1. The summed E-state index contributed by atoms with van der Waals surface area (Å²) >= 11 is 5.10. The number of carbonyl (C=O) groups excluding carboxylic acids is 2. The third kappa shape index (κ3) is 4.99. The zero-order valence-electron chi connectivity index (χ0n) is 13.3. The third-order valence-electron chi connectivity index (χ3n) is 3.61. The van der Waals surface area contributed by atoms with Gasteiger partial charge in [0, 0.05) is 22.7 Å². The highest BCUT2D eigenvalue weighted by atomic mass is 79.9. The SMILES string of the molecule is CC(=O)c1cccc(NC(=O)[C@H](C)N(C)Cc2ccc(Br)s2)c1. The van der Waals surface area contributed by atoms with Gasteiger partial charge in [0.25, 0.3) is 0 Å². The number of Topliss-reactive ketones (excluding diaryl/α,β-unsaturated/α-hetero) is 1. The summed E-state index contributed by atoms with van der Waals surface area (Å²) in [6.07, 6.45) is 0. The van der Waals surface area contributed by atoms with Gasteiger partial charge in [-0.3, -0.25) is 14.5 Å². The van der Waals surface area contributed by atoms with Crippen molar-refractivity contribution in [1.29, 1.82) is 0 Å². The van der Waals surface area contributed by atoms with Crippen LogP contribution in [0.2, 0.25) is 0 Å². The summed E-state index contributed by atoms with van der Waals surface area (Å²) < 4.78 is 1.08. The van der Waals surface area contributed by atoms with Crippen molar-refractivity contribution >= 4 is 44.6 Å².